The van der Waals surface area contributed by atoms with E-state index in [0.29, 0.717) is 36.8 Å². The summed E-state index contributed by atoms with van der Waals surface area (Å²) in [6, 6.07) is 7.74. The van der Waals surface area contributed by atoms with Crippen molar-refractivity contribution in [3.8, 4) is 0 Å². The maximum atomic E-state index is 14.0. The number of hydrogen-bond donors (Lipinski definition) is 1. The highest BCUT2D eigenvalue weighted by atomic mass is 32.2. The van der Waals surface area contributed by atoms with Crippen LogP contribution < -0.4 is 5.73 Å². The Morgan fingerprint density at radius 2 is 1.94 bits per heavy atom. The van der Waals surface area contributed by atoms with Gasteiger partial charge in [-0.3, -0.25) is 0 Å². The molecule has 0 radical (unpaired) electrons. The molecule has 4 rings (SSSR count). The molecule has 3 aromatic rings. The molecule has 2 heterocycles. The summed E-state index contributed by atoms with van der Waals surface area (Å²) in [6.07, 6.45) is 5.33. The number of rotatable bonds is 9. The zero-order valence-electron chi connectivity index (χ0n) is 18.6. The summed E-state index contributed by atoms with van der Waals surface area (Å²) in [4.78, 5) is 9.26. The number of pyridine rings is 1. The van der Waals surface area contributed by atoms with Gasteiger partial charge in [0.25, 0.3) is 0 Å². The fourth-order valence-electron chi connectivity index (χ4n) is 4.32. The van der Waals surface area contributed by atoms with Crippen LogP contribution in [0.4, 0.5) is 14.6 Å². The molecule has 1 aliphatic rings. The molecule has 0 amide bonds. The molecule has 33 heavy (non-hydrogen) atoms. The number of aromatic nitrogens is 3. The largest absolute Gasteiger partial charge is 0.382 e. The van der Waals surface area contributed by atoms with Crippen LogP contribution >= 0.6 is 0 Å². The molecule has 1 aromatic carbocycles. The summed E-state index contributed by atoms with van der Waals surface area (Å²) in [6.45, 7) is 2.68. The van der Waals surface area contributed by atoms with Crippen molar-refractivity contribution in [1.29, 1.82) is 0 Å². The Bertz CT molecular complexity index is 1350. The van der Waals surface area contributed by atoms with Crippen LogP contribution in [-0.4, -0.2) is 34.0 Å². The predicted octanol–water partition coefficient (Wildman–Crippen LogP) is 5.18. The minimum absolute atomic E-state index is 0.157. The first-order valence-electron chi connectivity index (χ1n) is 11.3. The molecular weight excluding hydrogens is 446 g/mol. The molecule has 9 heteroatoms. The number of hydrogen-bond acceptors (Lipinski definition) is 5. The molecule has 2 N–H and O–H groups in total. The van der Waals surface area contributed by atoms with Gasteiger partial charge in [0.15, 0.2) is 15.7 Å². The molecule has 1 aliphatic carbocycles. The Morgan fingerprint density at radius 3 is 2.70 bits per heavy atom. The van der Waals surface area contributed by atoms with E-state index in [2.05, 4.69) is 16.5 Å². The summed E-state index contributed by atoms with van der Waals surface area (Å²) in [5.41, 5.74) is 8.57. The van der Waals surface area contributed by atoms with Gasteiger partial charge in [0.1, 0.15) is 28.2 Å². The minimum atomic E-state index is -3.71. The number of aryl methyl sites for hydroxylation is 2. The van der Waals surface area contributed by atoms with Gasteiger partial charge in [-0.05, 0) is 37.8 Å². The third-order valence-corrected chi connectivity index (χ3v) is 8.19. The Morgan fingerprint density at radius 1 is 1.15 bits per heavy atom. The lowest BCUT2D eigenvalue weighted by Gasteiger charge is -2.17. The number of benzene rings is 1. The van der Waals surface area contributed by atoms with E-state index < -0.39 is 26.7 Å². The van der Waals surface area contributed by atoms with Crippen molar-refractivity contribution >= 4 is 37.6 Å². The number of para-hydroxylation sites is 1. The lowest BCUT2D eigenvalue weighted by Crippen LogP contribution is -2.26. The molecule has 0 spiro atoms. The lowest BCUT2D eigenvalue weighted by molar-refractivity contribution is 0.529. The second kappa shape index (κ2) is 9.59. The molecule has 176 valence electrons. The predicted molar refractivity (Wildman–Crippen MR) is 128 cm³/mol. The molecular formula is C24H28F2N4O2S. The number of anilines is 1. The van der Waals surface area contributed by atoms with E-state index in [9.17, 15) is 17.2 Å². The molecule has 1 unspecified atom stereocenters. The van der Waals surface area contributed by atoms with Crippen LogP contribution in [-0.2, 0) is 22.8 Å². The topological polar surface area (TPSA) is 90.9 Å². The number of nitrogens with zero attached hydrogens (tertiary/aromatic N) is 3. The first-order valence-corrected chi connectivity index (χ1v) is 13.0. The first kappa shape index (κ1) is 23.4. The number of imidazole rings is 1. The van der Waals surface area contributed by atoms with Gasteiger partial charge in [0.2, 0.25) is 0 Å². The number of unbranched alkanes of at least 4 members (excludes halogenated alkanes) is 2. The monoisotopic (exact) mass is 474 g/mol. The summed E-state index contributed by atoms with van der Waals surface area (Å²) < 4.78 is 54.6. The smallest absolute Gasteiger partial charge is 0.159 e. The van der Waals surface area contributed by atoms with Gasteiger partial charge < -0.3 is 10.3 Å². The molecule has 1 atom stereocenters. The number of nitrogens with two attached hydrogens (primary N) is 1. The number of sulfone groups is 1. The lowest BCUT2D eigenvalue weighted by atomic mass is 10.1. The van der Waals surface area contributed by atoms with Gasteiger partial charge in [-0.1, -0.05) is 31.5 Å². The molecule has 0 saturated heterocycles. The fourth-order valence-corrected chi connectivity index (χ4v) is 6.01. The number of fused-ring (bicyclic) bond motifs is 3. The Hall–Kier alpha value is -2.81. The second-order valence-electron chi connectivity index (χ2n) is 8.41. The zero-order valence-corrected chi connectivity index (χ0v) is 19.4. The van der Waals surface area contributed by atoms with E-state index in [-0.39, 0.29) is 12.2 Å². The zero-order chi connectivity index (χ0) is 23.6. The van der Waals surface area contributed by atoms with E-state index in [0.717, 1.165) is 47.6 Å². The SMILES string of the molecule is CCCCc1nc2c(N)nc3ccccc3c2n1CCCCS(=O)(=O)C1CC=C(F)C=C1F. The van der Waals surface area contributed by atoms with Crippen LogP contribution in [0.5, 0.6) is 0 Å². The van der Waals surface area contributed by atoms with E-state index in [1.807, 2.05) is 24.3 Å². The van der Waals surface area contributed by atoms with E-state index in [4.69, 9.17) is 10.7 Å². The maximum absolute atomic E-state index is 14.0. The van der Waals surface area contributed by atoms with Gasteiger partial charge in [-0.25, -0.2) is 27.2 Å². The van der Waals surface area contributed by atoms with Crippen molar-refractivity contribution in [3.63, 3.8) is 0 Å². The van der Waals surface area contributed by atoms with Crippen LogP contribution in [0.1, 0.15) is 44.9 Å². The van der Waals surface area contributed by atoms with E-state index >= 15 is 0 Å². The van der Waals surface area contributed by atoms with Crippen LogP contribution in [0.15, 0.2) is 48.1 Å². The Balaban J connectivity index is 1.56. The quantitative estimate of drug-likeness (QED) is 0.431. The molecule has 6 nitrogen and oxygen atoms in total. The average Bonchev–Trinajstić information content (AvgIpc) is 3.14. The van der Waals surface area contributed by atoms with Crippen molar-refractivity contribution in [3.05, 3.63) is 53.9 Å². The third-order valence-electron chi connectivity index (χ3n) is 6.05. The third kappa shape index (κ3) is 4.78. The van der Waals surface area contributed by atoms with Crippen molar-refractivity contribution in [2.24, 2.45) is 0 Å². The van der Waals surface area contributed by atoms with E-state index in [1.54, 1.807) is 0 Å². The summed E-state index contributed by atoms with van der Waals surface area (Å²) in [7, 11) is -3.71. The highest BCUT2D eigenvalue weighted by Gasteiger charge is 2.31. The van der Waals surface area contributed by atoms with Crippen molar-refractivity contribution in [2.45, 2.75) is 57.2 Å². The molecule has 0 aliphatic heterocycles. The van der Waals surface area contributed by atoms with Gasteiger partial charge in [-0.15, -0.1) is 0 Å². The van der Waals surface area contributed by atoms with Crippen LogP contribution in [0.25, 0.3) is 21.9 Å². The first-order chi connectivity index (χ1) is 15.8. The van der Waals surface area contributed by atoms with Gasteiger partial charge in [-0.2, -0.15) is 0 Å². The van der Waals surface area contributed by atoms with Crippen LogP contribution in [0.3, 0.4) is 0 Å². The maximum Gasteiger partial charge on any atom is 0.159 e. The highest BCUT2D eigenvalue weighted by Crippen LogP contribution is 2.30. The molecule has 0 fully saturated rings. The van der Waals surface area contributed by atoms with Crippen LogP contribution in [0, 0.1) is 0 Å². The van der Waals surface area contributed by atoms with Crippen molar-refractivity contribution < 1.29 is 17.2 Å². The number of nitrogen functional groups attached to an aromatic ring is 1. The highest BCUT2D eigenvalue weighted by molar-refractivity contribution is 7.92. The van der Waals surface area contributed by atoms with Gasteiger partial charge in [0.05, 0.1) is 16.8 Å². The van der Waals surface area contributed by atoms with Gasteiger partial charge in [0, 0.05) is 24.4 Å². The van der Waals surface area contributed by atoms with E-state index in [1.165, 1.54) is 0 Å². The second-order valence-corrected chi connectivity index (χ2v) is 10.7. The normalized spacial score (nSPS) is 16.9. The molecule has 2 aromatic heterocycles. The standard InChI is InChI=1S/C24H28F2N4O2S/c1-2-3-10-21-29-22-23(17-8-4-5-9-19(17)28-24(22)27)30(21)13-6-7-14-33(31,32)20-12-11-16(25)15-18(20)26/h4-5,8-9,11,15,20H,2-3,6-7,10,12-14H2,1H3,(H2,27,28). The minimum Gasteiger partial charge on any atom is -0.382 e. The Kier molecular flexibility index (Phi) is 6.78. The summed E-state index contributed by atoms with van der Waals surface area (Å²) >= 11 is 0. The fraction of sp³-hybridized carbons (Fsp3) is 0.417. The average molecular weight is 475 g/mol. The summed E-state index contributed by atoms with van der Waals surface area (Å²) in [5, 5.41) is -0.339. The number of allylic oxidation sites excluding steroid dienone is 3. The van der Waals surface area contributed by atoms with Gasteiger partial charge >= 0.3 is 0 Å². The molecule has 0 saturated carbocycles. The van der Waals surface area contributed by atoms with Crippen molar-refractivity contribution in [1.82, 2.24) is 14.5 Å². The van der Waals surface area contributed by atoms with Crippen LogP contribution in [0.2, 0.25) is 0 Å². The summed E-state index contributed by atoms with van der Waals surface area (Å²) in [5.74, 6) is -0.530. The van der Waals surface area contributed by atoms with Crippen molar-refractivity contribution in [2.75, 3.05) is 11.5 Å². The Labute approximate surface area is 192 Å². The molecule has 0 bridgehead atoms. The number of halogens is 2.